The first kappa shape index (κ1) is 18.8. The Morgan fingerprint density at radius 3 is 2.00 bits per heavy atom. The fourth-order valence-electron chi connectivity index (χ4n) is 2.14. The first-order valence-corrected chi connectivity index (χ1v) is 8.49. The maximum atomic E-state index is 13.0. The zero-order valence-corrected chi connectivity index (χ0v) is 13.6. The number of halogens is 3. The van der Waals surface area contributed by atoms with Crippen LogP contribution in [0.4, 0.5) is 18.9 Å². The molecule has 0 aliphatic heterocycles. The maximum absolute atomic E-state index is 13.0. The van der Waals surface area contributed by atoms with Crippen LogP contribution in [-0.2, 0) is 27.8 Å². The number of hydrogen-bond donors (Lipinski definition) is 1. The number of anilines is 1. The van der Waals surface area contributed by atoms with E-state index in [1.807, 2.05) is 0 Å². The summed E-state index contributed by atoms with van der Waals surface area (Å²) in [5, 5.41) is 8.72. The minimum Gasteiger partial charge on any atom is -0.481 e. The quantitative estimate of drug-likeness (QED) is 0.844. The first-order valence-electron chi connectivity index (χ1n) is 7.05. The van der Waals surface area contributed by atoms with Crippen molar-refractivity contribution in [1.29, 1.82) is 0 Å². The lowest BCUT2D eigenvalue weighted by Gasteiger charge is -2.25. The van der Waals surface area contributed by atoms with Crippen molar-refractivity contribution < 1.29 is 31.5 Å². The lowest BCUT2D eigenvalue weighted by Crippen LogP contribution is -2.40. The number of benzene rings is 2. The molecule has 2 aromatic carbocycles. The van der Waals surface area contributed by atoms with Crippen LogP contribution in [0.25, 0.3) is 0 Å². The largest absolute Gasteiger partial charge is 0.516 e. The minimum absolute atomic E-state index is 0.199. The molecular formula is C16H14F3NO4S. The summed E-state index contributed by atoms with van der Waals surface area (Å²) in [6.07, 6.45) is -0.314. The number of nitrogens with zero attached hydrogens (tertiary/aromatic N) is 1. The van der Waals surface area contributed by atoms with E-state index in [4.69, 9.17) is 5.11 Å². The van der Waals surface area contributed by atoms with Crippen LogP contribution in [0.5, 0.6) is 0 Å². The van der Waals surface area contributed by atoms with Gasteiger partial charge >= 0.3 is 21.5 Å². The third kappa shape index (κ3) is 4.50. The number of sulfonamides is 1. The van der Waals surface area contributed by atoms with Crippen molar-refractivity contribution in [2.24, 2.45) is 0 Å². The average Bonchev–Trinajstić information content (AvgIpc) is 2.53. The van der Waals surface area contributed by atoms with Gasteiger partial charge in [-0.25, -0.2) is 0 Å². The molecule has 0 heterocycles. The van der Waals surface area contributed by atoms with Gasteiger partial charge in [0, 0.05) is 0 Å². The SMILES string of the molecule is O=C(O)Cc1ccc(N(Cc2ccccc2)S(=O)(=O)C(F)(F)F)cc1. The predicted molar refractivity (Wildman–Crippen MR) is 85.4 cm³/mol. The monoisotopic (exact) mass is 373 g/mol. The first-order chi connectivity index (χ1) is 11.6. The van der Waals surface area contributed by atoms with Crippen molar-refractivity contribution in [1.82, 2.24) is 0 Å². The average molecular weight is 373 g/mol. The van der Waals surface area contributed by atoms with Crippen molar-refractivity contribution in [2.45, 2.75) is 18.5 Å². The molecule has 0 amide bonds. The smallest absolute Gasteiger partial charge is 0.481 e. The van der Waals surface area contributed by atoms with E-state index >= 15 is 0 Å². The highest BCUT2D eigenvalue weighted by molar-refractivity contribution is 7.93. The number of alkyl halides is 3. The second kappa shape index (κ2) is 7.14. The Bertz CT molecular complexity index is 834. The van der Waals surface area contributed by atoms with Crippen molar-refractivity contribution in [3.05, 3.63) is 65.7 Å². The van der Waals surface area contributed by atoms with E-state index in [1.165, 1.54) is 24.3 Å². The van der Waals surface area contributed by atoms with Gasteiger partial charge in [0.1, 0.15) is 0 Å². The van der Waals surface area contributed by atoms with E-state index < -0.39 is 28.0 Å². The van der Waals surface area contributed by atoms with Gasteiger partial charge in [-0.2, -0.15) is 21.6 Å². The number of carboxylic acid groups (broad SMARTS) is 1. The van der Waals surface area contributed by atoms with Crippen LogP contribution in [0.2, 0.25) is 0 Å². The number of carboxylic acids is 1. The van der Waals surface area contributed by atoms with Crippen molar-refractivity contribution in [3.8, 4) is 0 Å². The molecule has 0 bridgehead atoms. The minimum atomic E-state index is -5.61. The van der Waals surface area contributed by atoms with E-state index in [9.17, 15) is 26.4 Å². The zero-order valence-electron chi connectivity index (χ0n) is 12.8. The van der Waals surface area contributed by atoms with Crippen LogP contribution in [0.1, 0.15) is 11.1 Å². The lowest BCUT2D eigenvalue weighted by molar-refractivity contribution is -0.136. The molecule has 2 rings (SSSR count). The Morgan fingerprint density at radius 2 is 1.52 bits per heavy atom. The van der Waals surface area contributed by atoms with Crippen LogP contribution < -0.4 is 4.31 Å². The lowest BCUT2D eigenvalue weighted by atomic mass is 10.1. The molecule has 2 aromatic rings. The highest BCUT2D eigenvalue weighted by Gasteiger charge is 2.50. The van der Waals surface area contributed by atoms with E-state index in [0.717, 1.165) is 12.1 Å². The molecule has 9 heteroatoms. The van der Waals surface area contributed by atoms with Gasteiger partial charge in [0.15, 0.2) is 0 Å². The van der Waals surface area contributed by atoms with Crippen LogP contribution >= 0.6 is 0 Å². The van der Waals surface area contributed by atoms with Crippen LogP contribution in [0, 0.1) is 0 Å². The summed E-state index contributed by atoms with van der Waals surface area (Å²) < 4.78 is 63.2. The van der Waals surface area contributed by atoms with Gasteiger partial charge < -0.3 is 5.11 Å². The summed E-state index contributed by atoms with van der Waals surface area (Å²) >= 11 is 0. The molecule has 1 N–H and O–H groups in total. The summed E-state index contributed by atoms with van der Waals surface area (Å²) in [5.41, 5.74) is -4.93. The summed E-state index contributed by atoms with van der Waals surface area (Å²) in [6.45, 7) is -0.499. The fraction of sp³-hybridized carbons (Fsp3) is 0.188. The van der Waals surface area contributed by atoms with E-state index in [1.54, 1.807) is 18.2 Å². The molecule has 0 aliphatic carbocycles. The molecular weight excluding hydrogens is 359 g/mol. The summed E-state index contributed by atoms with van der Waals surface area (Å²) in [6, 6.07) is 12.7. The van der Waals surface area contributed by atoms with Crippen molar-refractivity contribution in [3.63, 3.8) is 0 Å². The molecule has 0 unspecified atom stereocenters. The van der Waals surface area contributed by atoms with Gasteiger partial charge in [-0.3, -0.25) is 9.10 Å². The molecule has 0 saturated heterocycles. The molecule has 0 radical (unpaired) electrons. The van der Waals surface area contributed by atoms with Crippen LogP contribution in [0.15, 0.2) is 54.6 Å². The van der Waals surface area contributed by atoms with Gasteiger partial charge in [-0.1, -0.05) is 42.5 Å². The Hall–Kier alpha value is -2.55. The fourth-order valence-corrected chi connectivity index (χ4v) is 3.11. The maximum Gasteiger partial charge on any atom is 0.516 e. The van der Waals surface area contributed by atoms with Gasteiger partial charge in [-0.05, 0) is 23.3 Å². The molecule has 0 fully saturated rings. The Balaban J connectivity index is 2.43. The standard InChI is InChI=1S/C16H14F3NO4S/c17-16(18,19)25(23,24)20(11-13-4-2-1-3-5-13)14-8-6-12(7-9-14)10-15(21)22/h1-9H,10-11H2,(H,21,22). The topological polar surface area (TPSA) is 74.7 Å². The van der Waals surface area contributed by atoms with Crippen molar-refractivity contribution >= 4 is 21.7 Å². The second-order valence-electron chi connectivity index (χ2n) is 5.18. The normalized spacial score (nSPS) is 12.0. The molecule has 0 atom stereocenters. The Morgan fingerprint density at radius 1 is 0.960 bits per heavy atom. The molecule has 134 valence electrons. The summed E-state index contributed by atoms with van der Waals surface area (Å²) in [4.78, 5) is 10.7. The summed E-state index contributed by atoms with van der Waals surface area (Å²) in [7, 11) is -5.61. The van der Waals surface area contributed by atoms with Crippen LogP contribution in [0.3, 0.4) is 0 Å². The van der Waals surface area contributed by atoms with Gasteiger partial charge in [-0.15, -0.1) is 0 Å². The number of rotatable bonds is 6. The van der Waals surface area contributed by atoms with E-state index in [-0.39, 0.29) is 16.4 Å². The number of hydrogen-bond acceptors (Lipinski definition) is 3. The van der Waals surface area contributed by atoms with E-state index in [0.29, 0.717) is 11.1 Å². The van der Waals surface area contributed by atoms with Gasteiger partial charge in [0.2, 0.25) is 0 Å². The number of aliphatic carboxylic acids is 1. The third-order valence-electron chi connectivity index (χ3n) is 3.33. The van der Waals surface area contributed by atoms with Gasteiger partial charge in [0.25, 0.3) is 0 Å². The highest BCUT2D eigenvalue weighted by atomic mass is 32.2. The van der Waals surface area contributed by atoms with E-state index in [2.05, 4.69) is 0 Å². The Kier molecular flexibility index (Phi) is 5.36. The zero-order chi connectivity index (χ0) is 18.7. The van der Waals surface area contributed by atoms with Crippen molar-refractivity contribution in [2.75, 3.05) is 4.31 Å². The second-order valence-corrected chi connectivity index (χ2v) is 7.03. The molecule has 5 nitrogen and oxygen atoms in total. The van der Waals surface area contributed by atoms with Gasteiger partial charge in [0.05, 0.1) is 18.7 Å². The summed E-state index contributed by atoms with van der Waals surface area (Å²) in [5.74, 6) is -1.10. The molecule has 0 saturated carbocycles. The predicted octanol–water partition coefficient (Wildman–Crippen LogP) is 3.17. The Labute approximate surface area is 142 Å². The van der Waals surface area contributed by atoms with Crippen LogP contribution in [-0.4, -0.2) is 25.0 Å². The molecule has 0 spiro atoms. The molecule has 0 aliphatic rings. The highest BCUT2D eigenvalue weighted by Crippen LogP contribution is 2.32. The molecule has 25 heavy (non-hydrogen) atoms. The molecule has 0 aromatic heterocycles. The number of carbonyl (C=O) groups is 1. The third-order valence-corrected chi connectivity index (χ3v) is 4.84.